The Morgan fingerprint density at radius 2 is 2.31 bits per heavy atom. The maximum absolute atomic E-state index is 5.69. The van der Waals surface area contributed by atoms with Gasteiger partial charge in [0, 0.05) is 17.3 Å². The number of aromatic nitrogens is 2. The van der Waals surface area contributed by atoms with E-state index in [4.69, 9.17) is 10.2 Å². The summed E-state index contributed by atoms with van der Waals surface area (Å²) in [4.78, 5) is 0. The van der Waals surface area contributed by atoms with Gasteiger partial charge in [-0.05, 0) is 25.1 Å². The zero-order valence-electron chi connectivity index (χ0n) is 9.05. The van der Waals surface area contributed by atoms with E-state index in [0.717, 1.165) is 21.9 Å². The van der Waals surface area contributed by atoms with Crippen LogP contribution in [-0.4, -0.2) is 16.3 Å². The zero-order chi connectivity index (χ0) is 11.1. The number of hydrogen-bond donors (Lipinski definition) is 1. The maximum Gasteiger partial charge on any atom is 0.136 e. The summed E-state index contributed by atoms with van der Waals surface area (Å²) in [5, 5.41) is 6.60. The Balaban J connectivity index is 2.41. The van der Waals surface area contributed by atoms with Gasteiger partial charge in [-0.25, -0.2) is 0 Å². The summed E-state index contributed by atoms with van der Waals surface area (Å²) < 4.78 is 7.36. The minimum Gasteiger partial charge on any atom is -0.464 e. The standard InChI is InChI=1S/C12H13N3O/c1-8(6-13)15-12-9(7-14-15)2-3-11-10(12)4-5-16-11/h2-5,7-8H,6,13H2,1H3/t8-/m0/s1. The van der Waals surface area contributed by atoms with Crippen LogP contribution in [0.15, 0.2) is 35.1 Å². The molecule has 0 aliphatic carbocycles. The van der Waals surface area contributed by atoms with Crippen molar-refractivity contribution in [3.63, 3.8) is 0 Å². The summed E-state index contributed by atoms with van der Waals surface area (Å²) in [7, 11) is 0. The molecule has 1 aromatic carbocycles. The third-order valence-corrected chi connectivity index (χ3v) is 2.95. The molecule has 1 atom stereocenters. The Labute approximate surface area is 92.6 Å². The maximum atomic E-state index is 5.69. The van der Waals surface area contributed by atoms with Crippen molar-refractivity contribution in [3.05, 3.63) is 30.7 Å². The van der Waals surface area contributed by atoms with E-state index < -0.39 is 0 Å². The van der Waals surface area contributed by atoms with E-state index in [1.165, 1.54) is 0 Å². The van der Waals surface area contributed by atoms with E-state index in [1.54, 1.807) is 6.26 Å². The van der Waals surface area contributed by atoms with Crippen LogP contribution in [0.3, 0.4) is 0 Å². The third kappa shape index (κ3) is 1.17. The van der Waals surface area contributed by atoms with E-state index in [2.05, 4.69) is 12.0 Å². The first-order chi connectivity index (χ1) is 7.81. The smallest absolute Gasteiger partial charge is 0.136 e. The average Bonchev–Trinajstić information content (AvgIpc) is 2.92. The Hall–Kier alpha value is -1.81. The number of hydrogen-bond acceptors (Lipinski definition) is 3. The molecule has 2 N–H and O–H groups in total. The second-order valence-electron chi connectivity index (χ2n) is 4.01. The van der Waals surface area contributed by atoms with E-state index in [9.17, 15) is 0 Å². The minimum absolute atomic E-state index is 0.193. The largest absolute Gasteiger partial charge is 0.464 e. The van der Waals surface area contributed by atoms with Crippen molar-refractivity contribution in [2.75, 3.05) is 6.54 Å². The van der Waals surface area contributed by atoms with Gasteiger partial charge in [-0.2, -0.15) is 5.10 Å². The number of nitrogens with zero attached hydrogens (tertiary/aromatic N) is 2. The first kappa shape index (κ1) is 9.42. The van der Waals surface area contributed by atoms with Crippen molar-refractivity contribution in [1.29, 1.82) is 0 Å². The fourth-order valence-corrected chi connectivity index (χ4v) is 2.02. The second-order valence-corrected chi connectivity index (χ2v) is 4.01. The van der Waals surface area contributed by atoms with Crippen LogP contribution in [0.2, 0.25) is 0 Å². The molecule has 3 rings (SSSR count). The van der Waals surface area contributed by atoms with Crippen molar-refractivity contribution in [3.8, 4) is 0 Å². The van der Waals surface area contributed by atoms with Crippen molar-refractivity contribution >= 4 is 21.9 Å². The van der Waals surface area contributed by atoms with Gasteiger partial charge in [0.1, 0.15) is 5.58 Å². The minimum atomic E-state index is 0.193. The molecule has 0 saturated heterocycles. The number of furan rings is 1. The second kappa shape index (κ2) is 3.35. The predicted octanol–water partition coefficient (Wildman–Crippen LogP) is 2.30. The molecule has 0 aliphatic heterocycles. The van der Waals surface area contributed by atoms with Crippen LogP contribution >= 0.6 is 0 Å². The molecular weight excluding hydrogens is 202 g/mol. The van der Waals surface area contributed by atoms with Crippen molar-refractivity contribution in [2.45, 2.75) is 13.0 Å². The lowest BCUT2D eigenvalue weighted by atomic mass is 10.2. The normalized spacial score (nSPS) is 13.6. The Morgan fingerprint density at radius 1 is 1.44 bits per heavy atom. The molecule has 82 valence electrons. The average molecular weight is 215 g/mol. The van der Waals surface area contributed by atoms with Crippen molar-refractivity contribution in [1.82, 2.24) is 9.78 Å². The monoisotopic (exact) mass is 215 g/mol. The van der Waals surface area contributed by atoms with Crippen molar-refractivity contribution < 1.29 is 4.42 Å². The molecule has 2 aromatic heterocycles. The van der Waals surface area contributed by atoms with Crippen LogP contribution in [0.1, 0.15) is 13.0 Å². The quantitative estimate of drug-likeness (QED) is 0.713. The zero-order valence-corrected chi connectivity index (χ0v) is 9.05. The van der Waals surface area contributed by atoms with Crippen LogP contribution in [0.4, 0.5) is 0 Å². The van der Waals surface area contributed by atoms with Gasteiger partial charge < -0.3 is 10.2 Å². The summed E-state index contributed by atoms with van der Waals surface area (Å²) in [6.07, 6.45) is 3.57. The summed E-state index contributed by atoms with van der Waals surface area (Å²) in [5.41, 5.74) is 7.68. The van der Waals surface area contributed by atoms with Crippen LogP contribution in [0.5, 0.6) is 0 Å². The Bertz CT molecular complexity index is 638. The number of fused-ring (bicyclic) bond motifs is 3. The molecule has 3 aromatic rings. The van der Waals surface area contributed by atoms with E-state index in [-0.39, 0.29) is 6.04 Å². The van der Waals surface area contributed by atoms with Crippen LogP contribution in [0.25, 0.3) is 21.9 Å². The van der Waals surface area contributed by atoms with Gasteiger partial charge in [-0.15, -0.1) is 0 Å². The van der Waals surface area contributed by atoms with E-state index in [1.807, 2.05) is 29.1 Å². The molecule has 16 heavy (non-hydrogen) atoms. The molecule has 4 heteroatoms. The first-order valence-corrected chi connectivity index (χ1v) is 5.35. The summed E-state index contributed by atoms with van der Waals surface area (Å²) in [6, 6.07) is 6.15. The van der Waals surface area contributed by atoms with Gasteiger partial charge >= 0.3 is 0 Å². The van der Waals surface area contributed by atoms with Crippen LogP contribution in [-0.2, 0) is 0 Å². The van der Waals surface area contributed by atoms with Crippen LogP contribution in [0, 0.1) is 0 Å². The molecular formula is C12H13N3O. The number of benzene rings is 1. The summed E-state index contributed by atoms with van der Waals surface area (Å²) in [5.74, 6) is 0. The third-order valence-electron chi connectivity index (χ3n) is 2.95. The Morgan fingerprint density at radius 3 is 3.12 bits per heavy atom. The molecule has 0 radical (unpaired) electrons. The van der Waals surface area contributed by atoms with Crippen LogP contribution < -0.4 is 5.73 Å². The molecule has 0 aliphatic rings. The fourth-order valence-electron chi connectivity index (χ4n) is 2.02. The summed E-state index contributed by atoms with van der Waals surface area (Å²) >= 11 is 0. The van der Waals surface area contributed by atoms with Gasteiger partial charge in [0.2, 0.25) is 0 Å². The molecule has 2 heterocycles. The fraction of sp³-hybridized carbons (Fsp3) is 0.250. The van der Waals surface area contributed by atoms with Gasteiger partial charge in [-0.3, -0.25) is 4.68 Å². The van der Waals surface area contributed by atoms with Gasteiger partial charge in [0.25, 0.3) is 0 Å². The summed E-state index contributed by atoms with van der Waals surface area (Å²) in [6.45, 7) is 2.64. The molecule has 0 amide bonds. The van der Waals surface area contributed by atoms with Gasteiger partial charge in [0.15, 0.2) is 0 Å². The predicted molar refractivity (Wildman–Crippen MR) is 63.3 cm³/mol. The highest BCUT2D eigenvalue weighted by Crippen LogP contribution is 2.27. The highest BCUT2D eigenvalue weighted by atomic mass is 16.3. The molecule has 0 fully saturated rings. The van der Waals surface area contributed by atoms with Gasteiger partial charge in [0.05, 0.1) is 24.0 Å². The first-order valence-electron chi connectivity index (χ1n) is 5.35. The molecule has 0 saturated carbocycles. The highest BCUT2D eigenvalue weighted by Gasteiger charge is 2.12. The lowest BCUT2D eigenvalue weighted by molar-refractivity contribution is 0.518. The molecule has 4 nitrogen and oxygen atoms in total. The molecule has 0 bridgehead atoms. The lowest BCUT2D eigenvalue weighted by Crippen LogP contribution is -2.16. The highest BCUT2D eigenvalue weighted by molar-refractivity contribution is 6.03. The lowest BCUT2D eigenvalue weighted by Gasteiger charge is -2.10. The number of nitrogens with two attached hydrogens (primary N) is 1. The topological polar surface area (TPSA) is 57.0 Å². The Kier molecular flexibility index (Phi) is 1.97. The van der Waals surface area contributed by atoms with Crippen molar-refractivity contribution in [2.24, 2.45) is 5.73 Å². The SMILES string of the molecule is C[C@@H](CN)n1ncc2ccc3occc3c21. The molecule has 0 spiro atoms. The van der Waals surface area contributed by atoms with E-state index >= 15 is 0 Å². The van der Waals surface area contributed by atoms with Gasteiger partial charge in [-0.1, -0.05) is 0 Å². The molecule has 0 unspecified atom stereocenters. The number of rotatable bonds is 2. The van der Waals surface area contributed by atoms with E-state index in [0.29, 0.717) is 6.54 Å².